The van der Waals surface area contributed by atoms with Crippen molar-refractivity contribution in [2.24, 2.45) is 5.92 Å². The van der Waals surface area contributed by atoms with Gasteiger partial charge in [-0.1, -0.05) is 23.7 Å². The molecule has 3 heterocycles. The number of hydrogen-bond acceptors (Lipinski definition) is 6. The fourth-order valence-corrected chi connectivity index (χ4v) is 4.92. The zero-order valence-corrected chi connectivity index (χ0v) is 17.1. The van der Waals surface area contributed by atoms with Crippen molar-refractivity contribution in [3.63, 3.8) is 0 Å². The van der Waals surface area contributed by atoms with Gasteiger partial charge in [-0.2, -0.15) is 14.5 Å². The van der Waals surface area contributed by atoms with Gasteiger partial charge in [0.2, 0.25) is 0 Å². The summed E-state index contributed by atoms with van der Waals surface area (Å²) in [5.74, 6) is 0.747. The minimum absolute atomic E-state index is 0.106. The highest BCUT2D eigenvalue weighted by Gasteiger charge is 2.62. The first-order chi connectivity index (χ1) is 14.4. The smallest absolute Gasteiger partial charge is 0.323 e. The predicted octanol–water partition coefficient (Wildman–Crippen LogP) is 3.68. The Morgan fingerprint density at radius 1 is 1.40 bits per heavy atom. The monoisotopic (exact) mass is 431 g/mol. The van der Waals surface area contributed by atoms with Gasteiger partial charge in [0, 0.05) is 18.2 Å². The van der Waals surface area contributed by atoms with E-state index >= 15 is 0 Å². The quantitative estimate of drug-likeness (QED) is 0.678. The number of piperidine rings is 1. The number of carbonyl (C=O) groups excluding carboxylic acids is 1. The summed E-state index contributed by atoms with van der Waals surface area (Å²) in [5, 5.41) is 14.6. The zero-order valence-electron chi connectivity index (χ0n) is 16.3. The Bertz CT molecular complexity index is 1130. The molecule has 1 aliphatic carbocycles. The fourth-order valence-electron chi connectivity index (χ4n) is 4.72. The number of rotatable bonds is 3. The number of aromatic nitrogens is 5. The summed E-state index contributed by atoms with van der Waals surface area (Å²) >= 11 is 6.20. The number of benzene rings is 1. The maximum absolute atomic E-state index is 13.2. The van der Waals surface area contributed by atoms with E-state index in [-0.39, 0.29) is 12.1 Å². The first-order valence-corrected chi connectivity index (χ1v) is 10.0. The van der Waals surface area contributed by atoms with Crippen molar-refractivity contribution >= 4 is 23.3 Å². The Balaban J connectivity index is 1.43. The molecule has 30 heavy (non-hydrogen) atoms. The van der Waals surface area contributed by atoms with E-state index in [9.17, 15) is 9.18 Å². The van der Waals surface area contributed by atoms with Crippen molar-refractivity contribution in [2.75, 3.05) is 5.32 Å². The highest BCUT2D eigenvalue weighted by molar-refractivity contribution is 6.32. The molecule has 2 aromatic heterocycles. The lowest BCUT2D eigenvalue weighted by molar-refractivity contribution is -0.111. The molecule has 2 bridgehead atoms. The minimum Gasteiger partial charge on any atom is -0.337 e. The van der Waals surface area contributed by atoms with Crippen LogP contribution in [0.5, 0.6) is 0 Å². The maximum Gasteiger partial charge on any atom is 0.323 e. The van der Waals surface area contributed by atoms with E-state index in [4.69, 9.17) is 16.1 Å². The van der Waals surface area contributed by atoms with Gasteiger partial charge in [-0.15, -0.1) is 9.90 Å². The van der Waals surface area contributed by atoms with Crippen LogP contribution in [0.1, 0.15) is 37.9 Å². The first-order valence-electron chi connectivity index (χ1n) is 9.64. The summed E-state index contributed by atoms with van der Waals surface area (Å²) in [5.41, 5.74) is 0.264. The molecule has 1 saturated heterocycles. The largest absolute Gasteiger partial charge is 0.337 e. The molecule has 3 aromatic rings. The Hall–Kier alpha value is -3.01. The maximum atomic E-state index is 13.2. The molecule has 9 nitrogen and oxygen atoms in total. The molecule has 5 rings (SSSR count). The van der Waals surface area contributed by atoms with Crippen LogP contribution in [-0.2, 0) is 5.54 Å². The highest BCUT2D eigenvalue weighted by atomic mass is 35.5. The standard InChI is InChI=1S/C19H19ClFN7O2/c1-10-5-13-8-19(7-10,17-23-11(2)26-30-17)27(13)18(29)24-12-3-4-14(20)15(6-12)28-22-9-16(21)25-28/h3-4,6,9-10,13H,5,7-8H2,1-2H3,(H,24,29)/t10-,13?,19?/m1/s1. The number of hydrogen-bond donors (Lipinski definition) is 1. The molecule has 1 aromatic carbocycles. The average Bonchev–Trinajstić information content (AvgIpc) is 3.31. The summed E-state index contributed by atoms with van der Waals surface area (Å²) in [6, 6.07) is 4.72. The van der Waals surface area contributed by atoms with Crippen molar-refractivity contribution in [1.29, 1.82) is 0 Å². The number of fused-ring (bicyclic) bond motifs is 2. The number of carbonyl (C=O) groups is 1. The highest BCUT2D eigenvalue weighted by Crippen LogP contribution is 2.55. The van der Waals surface area contributed by atoms with Crippen molar-refractivity contribution in [3.05, 3.63) is 47.1 Å². The van der Waals surface area contributed by atoms with Crippen LogP contribution < -0.4 is 5.32 Å². The van der Waals surface area contributed by atoms with Gasteiger partial charge in [0.1, 0.15) is 17.4 Å². The summed E-state index contributed by atoms with van der Waals surface area (Å²) < 4.78 is 18.7. The number of nitrogens with one attached hydrogen (secondary N) is 1. The first kappa shape index (κ1) is 19.0. The number of aryl methyl sites for hydroxylation is 1. The van der Waals surface area contributed by atoms with Crippen molar-refractivity contribution in [3.8, 4) is 5.69 Å². The number of amides is 2. The Labute approximate surface area is 176 Å². The molecule has 0 spiro atoms. The third kappa shape index (κ3) is 2.94. The van der Waals surface area contributed by atoms with E-state index in [1.807, 2.05) is 0 Å². The lowest BCUT2D eigenvalue weighted by Gasteiger charge is -2.61. The number of anilines is 1. The predicted molar refractivity (Wildman–Crippen MR) is 105 cm³/mol. The van der Waals surface area contributed by atoms with Gasteiger partial charge in [-0.3, -0.25) is 0 Å². The lowest BCUT2D eigenvalue weighted by atomic mass is 9.64. The second-order valence-corrected chi connectivity index (χ2v) is 8.41. The van der Waals surface area contributed by atoms with Gasteiger partial charge in [0.25, 0.3) is 11.8 Å². The Kier molecular flexibility index (Phi) is 4.28. The van der Waals surface area contributed by atoms with Crippen LogP contribution in [0, 0.1) is 18.8 Å². The molecule has 2 fully saturated rings. The molecule has 11 heteroatoms. The number of urea groups is 1. The van der Waals surface area contributed by atoms with Crippen molar-refractivity contribution in [1.82, 2.24) is 30.0 Å². The third-order valence-electron chi connectivity index (χ3n) is 5.78. The van der Waals surface area contributed by atoms with E-state index in [2.05, 4.69) is 32.6 Å². The zero-order chi connectivity index (χ0) is 21.0. The van der Waals surface area contributed by atoms with Gasteiger partial charge in [0.15, 0.2) is 5.82 Å². The summed E-state index contributed by atoms with van der Waals surface area (Å²) in [6.07, 6.45) is 3.47. The van der Waals surface area contributed by atoms with Crippen LogP contribution in [0.25, 0.3) is 5.69 Å². The van der Waals surface area contributed by atoms with Crippen LogP contribution in [0.2, 0.25) is 5.02 Å². The molecule has 2 amide bonds. The van der Waals surface area contributed by atoms with Crippen LogP contribution >= 0.6 is 11.6 Å². The van der Waals surface area contributed by atoms with Gasteiger partial charge < -0.3 is 14.7 Å². The van der Waals surface area contributed by atoms with Crippen molar-refractivity contribution < 1.29 is 13.7 Å². The second-order valence-electron chi connectivity index (χ2n) is 8.00. The van der Waals surface area contributed by atoms with Crippen LogP contribution in [0.15, 0.2) is 28.9 Å². The van der Waals surface area contributed by atoms with Crippen LogP contribution in [0.3, 0.4) is 0 Å². The molecular weight excluding hydrogens is 413 g/mol. The Morgan fingerprint density at radius 3 is 2.93 bits per heavy atom. The normalized spacial score (nSPS) is 25.1. The van der Waals surface area contributed by atoms with E-state index in [0.717, 1.165) is 30.3 Å². The number of halogens is 2. The minimum atomic E-state index is -0.722. The molecule has 0 radical (unpaired) electrons. The molecule has 156 valence electrons. The average molecular weight is 432 g/mol. The van der Waals surface area contributed by atoms with Gasteiger partial charge >= 0.3 is 6.03 Å². The van der Waals surface area contributed by atoms with E-state index in [0.29, 0.717) is 34.0 Å². The molecule has 1 aliphatic heterocycles. The van der Waals surface area contributed by atoms with Crippen LogP contribution in [-0.4, -0.2) is 42.1 Å². The van der Waals surface area contributed by atoms with Crippen LogP contribution in [0.4, 0.5) is 14.9 Å². The summed E-state index contributed by atoms with van der Waals surface area (Å²) in [6.45, 7) is 3.93. The fraction of sp³-hybridized carbons (Fsp3) is 0.421. The third-order valence-corrected chi connectivity index (χ3v) is 6.10. The molecule has 2 aliphatic rings. The van der Waals surface area contributed by atoms with E-state index in [1.165, 1.54) is 0 Å². The molecule has 2 unspecified atom stereocenters. The topological polar surface area (TPSA) is 102 Å². The second kappa shape index (κ2) is 6.76. The summed E-state index contributed by atoms with van der Waals surface area (Å²) in [4.78, 5) is 20.5. The lowest BCUT2D eigenvalue weighted by Crippen LogP contribution is -2.70. The molecule has 3 atom stereocenters. The van der Waals surface area contributed by atoms with Crippen molar-refractivity contribution in [2.45, 2.75) is 44.7 Å². The van der Waals surface area contributed by atoms with Gasteiger partial charge in [-0.25, -0.2) is 4.79 Å². The molecule has 1 saturated carbocycles. The number of nitrogens with zero attached hydrogens (tertiary/aromatic N) is 6. The Morgan fingerprint density at radius 2 is 2.23 bits per heavy atom. The summed E-state index contributed by atoms with van der Waals surface area (Å²) in [7, 11) is 0. The van der Waals surface area contributed by atoms with Gasteiger partial charge in [0.05, 0.1) is 5.02 Å². The molecular formula is C19H19ClFN7O2. The molecule has 1 N–H and O–H groups in total. The number of likely N-dealkylation sites (tertiary alicyclic amines) is 1. The van der Waals surface area contributed by atoms with E-state index < -0.39 is 11.5 Å². The van der Waals surface area contributed by atoms with Gasteiger partial charge in [-0.05, 0) is 43.9 Å². The van der Waals surface area contributed by atoms with E-state index in [1.54, 1.807) is 30.0 Å². The SMILES string of the molecule is Cc1noc(C23CC(C[C@@H](C)C2)N3C(=O)Nc2ccc(Cl)c(-n3ncc(F)n3)c2)n1.